The second-order valence-corrected chi connectivity index (χ2v) is 6.11. The van der Waals surface area contributed by atoms with Crippen LogP contribution in [0.1, 0.15) is 26.7 Å². The summed E-state index contributed by atoms with van der Waals surface area (Å²) in [6, 6.07) is 0. The Morgan fingerprint density at radius 2 is 2.41 bits per heavy atom. The number of anilines is 1. The van der Waals surface area contributed by atoms with Gasteiger partial charge in [-0.1, -0.05) is 0 Å². The molecule has 0 radical (unpaired) electrons. The van der Waals surface area contributed by atoms with Crippen molar-refractivity contribution in [1.29, 1.82) is 0 Å². The first-order valence-corrected chi connectivity index (χ1v) is 7.03. The zero-order valence-electron chi connectivity index (χ0n) is 10.4. The van der Waals surface area contributed by atoms with Gasteiger partial charge in [0.1, 0.15) is 5.82 Å². The molecule has 0 amide bonds. The Morgan fingerprint density at radius 3 is 3.12 bits per heavy atom. The van der Waals surface area contributed by atoms with Gasteiger partial charge in [0.25, 0.3) is 0 Å². The molecule has 1 fully saturated rings. The molecule has 0 aliphatic carbocycles. The molecular formula is C12H19N3OS. The molecule has 2 heterocycles. The molecule has 0 bridgehead atoms. The van der Waals surface area contributed by atoms with E-state index in [9.17, 15) is 0 Å². The van der Waals surface area contributed by atoms with E-state index in [0.29, 0.717) is 17.2 Å². The van der Waals surface area contributed by atoms with Crippen molar-refractivity contribution in [2.45, 2.75) is 31.4 Å². The maximum absolute atomic E-state index is 5.32. The first kappa shape index (κ1) is 12.5. The second kappa shape index (κ2) is 5.58. The fourth-order valence-corrected chi connectivity index (χ4v) is 3.15. The lowest BCUT2D eigenvalue weighted by Crippen LogP contribution is -2.27. The summed E-state index contributed by atoms with van der Waals surface area (Å²) in [6.45, 7) is 5.79. The van der Waals surface area contributed by atoms with Gasteiger partial charge < -0.3 is 10.1 Å². The third-order valence-electron chi connectivity index (χ3n) is 2.85. The van der Waals surface area contributed by atoms with Crippen LogP contribution in [0.2, 0.25) is 0 Å². The molecule has 2 rings (SSSR count). The minimum atomic E-state index is 0.337. The van der Waals surface area contributed by atoms with Crippen molar-refractivity contribution in [3.8, 4) is 5.88 Å². The van der Waals surface area contributed by atoms with Gasteiger partial charge in [0.2, 0.25) is 5.88 Å². The van der Waals surface area contributed by atoms with Crippen molar-refractivity contribution < 1.29 is 4.74 Å². The smallest absolute Gasteiger partial charge is 0.234 e. The molecule has 0 spiro atoms. The van der Waals surface area contributed by atoms with Crippen LogP contribution in [0.25, 0.3) is 0 Å². The van der Waals surface area contributed by atoms with Crippen molar-refractivity contribution >= 4 is 17.6 Å². The summed E-state index contributed by atoms with van der Waals surface area (Å²) in [5.74, 6) is 2.65. The van der Waals surface area contributed by atoms with Gasteiger partial charge in [0, 0.05) is 11.3 Å². The van der Waals surface area contributed by atoms with E-state index in [1.165, 1.54) is 18.6 Å². The number of thioether (sulfide) groups is 1. The molecule has 4 nitrogen and oxygen atoms in total. The minimum absolute atomic E-state index is 0.337. The van der Waals surface area contributed by atoms with Crippen molar-refractivity contribution in [1.82, 2.24) is 9.97 Å². The predicted molar refractivity (Wildman–Crippen MR) is 71.8 cm³/mol. The van der Waals surface area contributed by atoms with Gasteiger partial charge in [-0.15, -0.1) is 0 Å². The summed E-state index contributed by atoms with van der Waals surface area (Å²) < 4.78 is 5.66. The number of nitrogens with zero attached hydrogens (tertiary/aromatic N) is 2. The van der Waals surface area contributed by atoms with Crippen LogP contribution in [-0.2, 0) is 0 Å². The van der Waals surface area contributed by atoms with Crippen LogP contribution in [0.5, 0.6) is 5.88 Å². The molecule has 1 unspecified atom stereocenters. The minimum Gasteiger partial charge on any atom is -0.477 e. The number of hydrogen-bond donors (Lipinski definition) is 1. The Kier molecular flexibility index (Phi) is 4.10. The number of aromatic nitrogens is 2. The highest BCUT2D eigenvalue weighted by atomic mass is 32.2. The van der Waals surface area contributed by atoms with Crippen LogP contribution >= 0.6 is 11.8 Å². The molecule has 5 heteroatoms. The maximum atomic E-state index is 5.32. The van der Waals surface area contributed by atoms with E-state index in [2.05, 4.69) is 22.2 Å². The second-order valence-electron chi connectivity index (χ2n) is 4.43. The molecule has 1 atom stereocenters. The first-order chi connectivity index (χ1) is 8.22. The molecule has 0 aromatic carbocycles. The van der Waals surface area contributed by atoms with E-state index in [4.69, 9.17) is 4.74 Å². The monoisotopic (exact) mass is 253 g/mol. The molecule has 17 heavy (non-hydrogen) atoms. The molecule has 1 aromatic rings. The van der Waals surface area contributed by atoms with E-state index in [1.807, 2.05) is 18.7 Å². The maximum Gasteiger partial charge on any atom is 0.234 e. The van der Waals surface area contributed by atoms with Crippen LogP contribution < -0.4 is 10.1 Å². The van der Waals surface area contributed by atoms with Crippen molar-refractivity contribution in [3.05, 3.63) is 12.4 Å². The van der Waals surface area contributed by atoms with E-state index in [-0.39, 0.29) is 0 Å². The Balaban J connectivity index is 1.91. The summed E-state index contributed by atoms with van der Waals surface area (Å²) in [5.41, 5.74) is 0. The van der Waals surface area contributed by atoms with Gasteiger partial charge in [-0.3, -0.25) is 4.98 Å². The summed E-state index contributed by atoms with van der Waals surface area (Å²) >= 11 is 2.04. The van der Waals surface area contributed by atoms with E-state index < -0.39 is 0 Å². The quantitative estimate of drug-likeness (QED) is 0.874. The highest BCUT2D eigenvalue weighted by molar-refractivity contribution is 8.00. The average Bonchev–Trinajstić information content (AvgIpc) is 2.76. The fourth-order valence-electron chi connectivity index (χ4n) is 1.90. The van der Waals surface area contributed by atoms with Crippen LogP contribution in [0.15, 0.2) is 12.4 Å². The summed E-state index contributed by atoms with van der Waals surface area (Å²) in [6.07, 6.45) is 5.96. The SMILES string of the molecule is CCOc1cncc(NCC2(C)CCCS2)n1. The number of nitrogens with one attached hydrogen (secondary N) is 1. The standard InChI is InChI=1S/C12H19N3OS/c1-3-16-11-8-13-7-10(15-11)14-9-12(2)5-4-6-17-12/h7-8H,3-6,9H2,1-2H3,(H,14,15). The van der Waals surface area contributed by atoms with Crippen LogP contribution in [-0.4, -0.2) is 33.6 Å². The number of rotatable bonds is 5. The average molecular weight is 253 g/mol. The van der Waals surface area contributed by atoms with Crippen molar-refractivity contribution in [3.63, 3.8) is 0 Å². The van der Waals surface area contributed by atoms with Gasteiger partial charge in [-0.05, 0) is 32.4 Å². The first-order valence-electron chi connectivity index (χ1n) is 6.04. The Bertz CT molecular complexity index is 367. The van der Waals surface area contributed by atoms with Gasteiger partial charge in [-0.2, -0.15) is 16.7 Å². The Labute approximate surface area is 107 Å². The van der Waals surface area contributed by atoms with E-state index in [0.717, 1.165) is 12.4 Å². The lowest BCUT2D eigenvalue weighted by Gasteiger charge is -2.23. The lowest BCUT2D eigenvalue weighted by atomic mass is 10.1. The summed E-state index contributed by atoms with van der Waals surface area (Å²) in [4.78, 5) is 8.46. The van der Waals surface area contributed by atoms with Crippen molar-refractivity contribution in [2.75, 3.05) is 24.2 Å². The van der Waals surface area contributed by atoms with Crippen LogP contribution in [0.3, 0.4) is 0 Å². The molecule has 1 saturated heterocycles. The summed E-state index contributed by atoms with van der Waals surface area (Å²) in [5, 5.41) is 3.35. The largest absolute Gasteiger partial charge is 0.477 e. The number of hydrogen-bond acceptors (Lipinski definition) is 5. The molecular weight excluding hydrogens is 234 g/mol. The molecule has 1 aromatic heterocycles. The topological polar surface area (TPSA) is 47.0 Å². The van der Waals surface area contributed by atoms with Gasteiger partial charge >= 0.3 is 0 Å². The molecule has 1 N–H and O–H groups in total. The third-order valence-corrected chi connectivity index (χ3v) is 4.39. The predicted octanol–water partition coefficient (Wildman–Crippen LogP) is 2.57. The lowest BCUT2D eigenvalue weighted by molar-refractivity contribution is 0.325. The summed E-state index contributed by atoms with van der Waals surface area (Å²) in [7, 11) is 0. The van der Waals surface area contributed by atoms with Gasteiger partial charge in [0.05, 0.1) is 19.0 Å². The fraction of sp³-hybridized carbons (Fsp3) is 0.667. The zero-order valence-corrected chi connectivity index (χ0v) is 11.2. The highest BCUT2D eigenvalue weighted by Gasteiger charge is 2.29. The number of ether oxygens (including phenoxy) is 1. The van der Waals surface area contributed by atoms with Crippen molar-refractivity contribution in [2.24, 2.45) is 0 Å². The molecule has 94 valence electrons. The van der Waals surface area contributed by atoms with Gasteiger partial charge in [0.15, 0.2) is 0 Å². The van der Waals surface area contributed by atoms with E-state index in [1.54, 1.807) is 12.4 Å². The Hall–Kier alpha value is -0.970. The van der Waals surface area contributed by atoms with Gasteiger partial charge in [-0.25, -0.2) is 0 Å². The molecule has 1 aliphatic heterocycles. The zero-order chi connectivity index (χ0) is 12.1. The Morgan fingerprint density at radius 1 is 1.53 bits per heavy atom. The van der Waals surface area contributed by atoms with Crippen LogP contribution in [0.4, 0.5) is 5.82 Å². The van der Waals surface area contributed by atoms with Crippen LogP contribution in [0, 0.1) is 0 Å². The molecule has 1 aliphatic rings. The normalized spacial score (nSPS) is 23.6. The highest BCUT2D eigenvalue weighted by Crippen LogP contribution is 2.37. The van der Waals surface area contributed by atoms with E-state index >= 15 is 0 Å². The molecule has 0 saturated carbocycles. The third kappa shape index (κ3) is 3.49.